The van der Waals surface area contributed by atoms with E-state index in [0.29, 0.717) is 18.6 Å². The number of imidazole rings is 1. The Labute approximate surface area is 166 Å². The van der Waals surface area contributed by atoms with Gasteiger partial charge >= 0.3 is 11.7 Å². The number of esters is 1. The highest BCUT2D eigenvalue weighted by Gasteiger charge is 2.17. The highest BCUT2D eigenvalue weighted by Crippen LogP contribution is 2.13. The van der Waals surface area contributed by atoms with Gasteiger partial charge < -0.3 is 9.64 Å². The van der Waals surface area contributed by atoms with Gasteiger partial charge in [-0.3, -0.25) is 18.7 Å². The van der Waals surface area contributed by atoms with Crippen molar-refractivity contribution in [3.05, 3.63) is 57.1 Å². The summed E-state index contributed by atoms with van der Waals surface area (Å²) in [6.45, 7) is 2.47. The van der Waals surface area contributed by atoms with Gasteiger partial charge in [0.25, 0.3) is 5.91 Å². The van der Waals surface area contributed by atoms with Crippen molar-refractivity contribution in [2.24, 2.45) is 0 Å². The number of hydrogen-bond donors (Lipinski definition) is 0. The Hall–Kier alpha value is -2.87. The number of nitrogens with zero attached hydrogens (tertiary/aromatic N) is 3. The monoisotopic (exact) mass is 401 g/mol. The van der Waals surface area contributed by atoms with E-state index in [0.717, 1.165) is 16.8 Å². The molecule has 0 aliphatic carbocycles. The maximum absolute atomic E-state index is 12.7. The lowest BCUT2D eigenvalue weighted by Gasteiger charge is -2.16. The van der Waals surface area contributed by atoms with Crippen LogP contribution in [0.15, 0.2) is 46.6 Å². The molecular formula is C20H23N3O4S. The van der Waals surface area contributed by atoms with Crippen molar-refractivity contribution in [3.63, 3.8) is 0 Å². The lowest BCUT2D eigenvalue weighted by molar-refractivity contribution is -0.152. The molecule has 2 aromatic heterocycles. The minimum Gasteiger partial charge on any atom is -0.454 e. The van der Waals surface area contributed by atoms with Crippen LogP contribution in [0.1, 0.15) is 18.2 Å². The van der Waals surface area contributed by atoms with Crippen molar-refractivity contribution in [2.75, 3.05) is 13.7 Å². The zero-order valence-electron chi connectivity index (χ0n) is 16.0. The van der Waals surface area contributed by atoms with Crippen LogP contribution in [0.5, 0.6) is 0 Å². The number of carbonyl (C=O) groups excluding carboxylic acids is 2. The average Bonchev–Trinajstić information content (AvgIpc) is 3.29. The normalized spacial score (nSPS) is 10.9. The van der Waals surface area contributed by atoms with Crippen LogP contribution < -0.4 is 5.69 Å². The first-order valence-electron chi connectivity index (χ1n) is 9.11. The van der Waals surface area contributed by atoms with Crippen LogP contribution in [0, 0.1) is 0 Å². The fraction of sp³-hybridized carbons (Fsp3) is 0.350. The maximum Gasteiger partial charge on any atom is 0.329 e. The van der Waals surface area contributed by atoms with E-state index in [1.54, 1.807) is 29.0 Å². The number of aryl methyl sites for hydroxylation is 1. The van der Waals surface area contributed by atoms with E-state index in [-0.39, 0.29) is 24.7 Å². The maximum atomic E-state index is 12.7. The number of amides is 1. The molecule has 0 atom stereocenters. The van der Waals surface area contributed by atoms with Gasteiger partial charge in [0, 0.05) is 18.5 Å². The zero-order valence-corrected chi connectivity index (χ0v) is 16.8. The van der Waals surface area contributed by atoms with Crippen molar-refractivity contribution in [2.45, 2.75) is 33.0 Å². The number of likely N-dealkylation sites (N-methyl/N-ethyl adjacent to an activating group) is 1. The summed E-state index contributed by atoms with van der Waals surface area (Å²) < 4.78 is 8.18. The van der Waals surface area contributed by atoms with Gasteiger partial charge in [-0.05, 0) is 30.0 Å². The molecule has 0 unspecified atom stereocenters. The summed E-state index contributed by atoms with van der Waals surface area (Å²) in [4.78, 5) is 39.7. The molecule has 0 saturated carbocycles. The highest BCUT2D eigenvalue weighted by atomic mass is 32.1. The average molecular weight is 401 g/mol. The molecule has 0 bridgehead atoms. The van der Waals surface area contributed by atoms with Crippen LogP contribution in [-0.2, 0) is 34.0 Å². The molecule has 1 aromatic carbocycles. The summed E-state index contributed by atoms with van der Waals surface area (Å²) in [5, 5.41) is 1.94. The highest BCUT2D eigenvalue weighted by molar-refractivity contribution is 7.09. The lowest BCUT2D eigenvalue weighted by Crippen LogP contribution is -2.32. The summed E-state index contributed by atoms with van der Waals surface area (Å²) in [5.41, 5.74) is 1.22. The quantitative estimate of drug-likeness (QED) is 0.544. The van der Waals surface area contributed by atoms with Gasteiger partial charge in [0.2, 0.25) is 0 Å². The number of aromatic nitrogens is 2. The largest absolute Gasteiger partial charge is 0.454 e. The summed E-state index contributed by atoms with van der Waals surface area (Å²) >= 11 is 1.56. The second-order valence-electron chi connectivity index (χ2n) is 6.50. The minimum atomic E-state index is -0.612. The van der Waals surface area contributed by atoms with Crippen LogP contribution in [0.25, 0.3) is 11.0 Å². The topological polar surface area (TPSA) is 73.5 Å². The third-order valence-electron chi connectivity index (χ3n) is 4.42. The van der Waals surface area contributed by atoms with Crippen LogP contribution in [0.4, 0.5) is 0 Å². The fourth-order valence-electron chi connectivity index (χ4n) is 3.02. The van der Waals surface area contributed by atoms with Crippen molar-refractivity contribution in [3.8, 4) is 0 Å². The Balaban J connectivity index is 1.64. The van der Waals surface area contributed by atoms with Crippen LogP contribution in [-0.4, -0.2) is 39.6 Å². The molecule has 3 rings (SSSR count). The van der Waals surface area contributed by atoms with E-state index in [2.05, 4.69) is 0 Å². The summed E-state index contributed by atoms with van der Waals surface area (Å²) in [5.74, 6) is -0.901. The zero-order chi connectivity index (χ0) is 20.1. The first-order chi connectivity index (χ1) is 13.5. The van der Waals surface area contributed by atoms with Crippen molar-refractivity contribution in [1.82, 2.24) is 14.0 Å². The van der Waals surface area contributed by atoms with E-state index in [1.165, 1.54) is 9.47 Å². The van der Waals surface area contributed by atoms with E-state index in [9.17, 15) is 14.4 Å². The molecule has 0 fully saturated rings. The molecule has 8 heteroatoms. The second kappa shape index (κ2) is 8.88. The number of fused-ring (bicyclic) bond motifs is 1. The minimum absolute atomic E-state index is 0.224. The smallest absolute Gasteiger partial charge is 0.329 e. The van der Waals surface area contributed by atoms with Gasteiger partial charge in [0.1, 0.15) is 6.54 Å². The first-order valence-corrected chi connectivity index (χ1v) is 9.99. The summed E-state index contributed by atoms with van der Waals surface area (Å²) in [6.07, 6.45) is 0.809. The Morgan fingerprint density at radius 2 is 1.82 bits per heavy atom. The van der Waals surface area contributed by atoms with Crippen molar-refractivity contribution >= 4 is 34.2 Å². The van der Waals surface area contributed by atoms with Gasteiger partial charge in [-0.25, -0.2) is 4.79 Å². The number of hydrogen-bond acceptors (Lipinski definition) is 5. The van der Waals surface area contributed by atoms with E-state index >= 15 is 0 Å². The third kappa shape index (κ3) is 4.33. The van der Waals surface area contributed by atoms with Crippen LogP contribution in [0.2, 0.25) is 0 Å². The van der Waals surface area contributed by atoms with Gasteiger partial charge in [0.05, 0.1) is 17.6 Å². The molecule has 2 heterocycles. The third-order valence-corrected chi connectivity index (χ3v) is 5.28. The standard InChI is InChI=1S/C20H23N3O4S/c1-3-10-22-16-8-4-5-9-17(16)23(20(22)26)13-19(25)27-14-18(24)21(2)12-15-7-6-11-28-15/h4-9,11H,3,10,12-14H2,1-2H3. The van der Waals surface area contributed by atoms with Gasteiger partial charge in [0.15, 0.2) is 6.61 Å². The predicted molar refractivity (Wildman–Crippen MR) is 108 cm³/mol. The molecule has 7 nitrogen and oxygen atoms in total. The summed E-state index contributed by atoms with van der Waals surface area (Å²) in [7, 11) is 1.67. The van der Waals surface area contributed by atoms with Crippen LogP contribution >= 0.6 is 11.3 Å². The molecule has 3 aromatic rings. The number of benzene rings is 1. The molecule has 0 N–H and O–H groups in total. The second-order valence-corrected chi connectivity index (χ2v) is 7.53. The van der Waals surface area contributed by atoms with Crippen molar-refractivity contribution < 1.29 is 14.3 Å². The lowest BCUT2D eigenvalue weighted by atomic mass is 10.3. The molecule has 148 valence electrons. The number of rotatable bonds is 8. The predicted octanol–water partition coefficient (Wildman–Crippen LogP) is 2.48. The molecule has 0 aliphatic heterocycles. The molecular weight excluding hydrogens is 378 g/mol. The Kier molecular flexibility index (Phi) is 6.30. The molecule has 1 amide bonds. The van der Waals surface area contributed by atoms with Crippen molar-refractivity contribution in [1.29, 1.82) is 0 Å². The number of ether oxygens (including phenoxy) is 1. The summed E-state index contributed by atoms with van der Waals surface area (Å²) in [6, 6.07) is 11.2. The Bertz CT molecular complexity index is 1020. The molecule has 28 heavy (non-hydrogen) atoms. The Morgan fingerprint density at radius 1 is 1.11 bits per heavy atom. The van der Waals surface area contributed by atoms with E-state index < -0.39 is 5.97 Å². The molecule has 0 aliphatic rings. The number of para-hydroxylation sites is 2. The van der Waals surface area contributed by atoms with E-state index in [1.807, 2.05) is 42.6 Å². The van der Waals surface area contributed by atoms with Crippen LogP contribution in [0.3, 0.4) is 0 Å². The van der Waals surface area contributed by atoms with E-state index in [4.69, 9.17) is 4.74 Å². The Morgan fingerprint density at radius 3 is 2.46 bits per heavy atom. The van der Waals surface area contributed by atoms with Gasteiger partial charge in [-0.2, -0.15) is 0 Å². The molecule has 0 radical (unpaired) electrons. The fourth-order valence-corrected chi connectivity index (χ4v) is 3.77. The molecule has 0 spiro atoms. The van der Waals surface area contributed by atoms with Gasteiger partial charge in [-0.15, -0.1) is 11.3 Å². The SMILES string of the molecule is CCCn1c(=O)n(CC(=O)OCC(=O)N(C)Cc2cccs2)c2ccccc21. The van der Waals surface area contributed by atoms with Gasteiger partial charge in [-0.1, -0.05) is 25.1 Å². The molecule has 0 saturated heterocycles. The number of carbonyl (C=O) groups is 2. The first kappa shape index (κ1) is 19.9. The number of thiophene rings is 1.